The molecule has 3 heteroatoms. The summed E-state index contributed by atoms with van der Waals surface area (Å²) in [5.74, 6) is 0. The maximum absolute atomic E-state index is 9.79. The van der Waals surface area contributed by atoms with Gasteiger partial charge < -0.3 is 4.43 Å². The van der Waals surface area contributed by atoms with Gasteiger partial charge in [-0.2, -0.15) is 0 Å². The molecule has 0 saturated heterocycles. The van der Waals surface area contributed by atoms with Crippen molar-refractivity contribution in [2.45, 2.75) is 26.1 Å². The van der Waals surface area contributed by atoms with Crippen LogP contribution in [0.1, 0.15) is 6.92 Å². The fourth-order valence-corrected chi connectivity index (χ4v) is 0.641. The van der Waals surface area contributed by atoms with E-state index in [-0.39, 0.29) is 0 Å². The number of carbonyl (C=O) groups is 1. The smallest absolute Gasteiger partial charge is 0.279 e. The second-order valence-corrected chi connectivity index (χ2v) is 6.79. The molecule has 0 aliphatic heterocycles. The highest BCUT2D eigenvalue weighted by molar-refractivity contribution is 6.72. The van der Waals surface area contributed by atoms with E-state index in [0.29, 0.717) is 6.47 Å². The molecule has 0 atom stereocenters. The first-order valence-corrected chi connectivity index (χ1v) is 5.85. The number of carbonyl (C=O) groups excluding carboxylic acids is 1. The molecule has 0 heterocycles. The van der Waals surface area contributed by atoms with E-state index < -0.39 is 8.32 Å². The van der Waals surface area contributed by atoms with Crippen LogP contribution in [0.15, 0.2) is 0 Å². The second-order valence-electron chi connectivity index (χ2n) is 2.33. The molecule has 0 aliphatic rings. The standard InChI is InChI=1S/C5H12O2Si/c1-4-8(2,3)7-5-6/h5H,4H2,1-3H3. The SMILES string of the molecule is CC[Si](C)(C)OC=O. The highest BCUT2D eigenvalue weighted by Gasteiger charge is 2.19. The Morgan fingerprint density at radius 3 is 2.25 bits per heavy atom. The molecule has 0 rings (SSSR count). The predicted octanol–water partition coefficient (Wildman–Crippen LogP) is 1.38. The number of hydrogen-bond acceptors (Lipinski definition) is 2. The molecule has 0 aromatic heterocycles. The van der Waals surface area contributed by atoms with E-state index in [4.69, 9.17) is 4.43 Å². The van der Waals surface area contributed by atoms with Crippen molar-refractivity contribution in [1.29, 1.82) is 0 Å². The Bertz CT molecular complexity index is 80.5. The fourth-order valence-electron chi connectivity index (χ4n) is 0.214. The van der Waals surface area contributed by atoms with E-state index in [9.17, 15) is 4.79 Å². The van der Waals surface area contributed by atoms with Crippen LogP contribution in [-0.2, 0) is 9.22 Å². The van der Waals surface area contributed by atoms with Gasteiger partial charge >= 0.3 is 0 Å². The van der Waals surface area contributed by atoms with Crippen LogP contribution in [0.4, 0.5) is 0 Å². The molecule has 0 aromatic rings. The first kappa shape index (κ1) is 7.69. The lowest BCUT2D eigenvalue weighted by atomic mass is 11.0. The predicted molar refractivity (Wildman–Crippen MR) is 35.1 cm³/mol. The van der Waals surface area contributed by atoms with Gasteiger partial charge in [0.15, 0.2) is 0 Å². The average Bonchev–Trinajstić information content (AvgIpc) is 1.67. The van der Waals surface area contributed by atoms with Gasteiger partial charge in [0.2, 0.25) is 8.32 Å². The van der Waals surface area contributed by atoms with E-state index in [1.807, 2.05) is 20.0 Å². The van der Waals surface area contributed by atoms with Crippen LogP contribution in [0.25, 0.3) is 0 Å². The third-order valence-electron chi connectivity index (χ3n) is 1.22. The molecule has 0 spiro atoms. The number of rotatable bonds is 3. The molecule has 0 aromatic carbocycles. The molecule has 0 aliphatic carbocycles. The molecular weight excluding hydrogens is 120 g/mol. The summed E-state index contributed by atoms with van der Waals surface area (Å²) >= 11 is 0. The third kappa shape index (κ3) is 2.79. The minimum atomic E-state index is -1.55. The Hall–Kier alpha value is -0.313. The van der Waals surface area contributed by atoms with Gasteiger partial charge in [-0.05, 0) is 19.1 Å². The molecule has 2 nitrogen and oxygen atoms in total. The summed E-state index contributed by atoms with van der Waals surface area (Å²) in [6.07, 6.45) is 0. The zero-order valence-electron chi connectivity index (χ0n) is 5.60. The van der Waals surface area contributed by atoms with Gasteiger partial charge in [-0.25, -0.2) is 0 Å². The maximum Gasteiger partial charge on any atom is 0.279 e. The topological polar surface area (TPSA) is 26.3 Å². The third-order valence-corrected chi connectivity index (χ3v) is 3.66. The highest BCUT2D eigenvalue weighted by atomic mass is 28.4. The van der Waals surface area contributed by atoms with Gasteiger partial charge in [0.1, 0.15) is 0 Å². The van der Waals surface area contributed by atoms with Crippen molar-refractivity contribution in [1.82, 2.24) is 0 Å². The van der Waals surface area contributed by atoms with Gasteiger partial charge in [0.25, 0.3) is 6.47 Å². The van der Waals surface area contributed by atoms with E-state index in [1.165, 1.54) is 0 Å². The van der Waals surface area contributed by atoms with E-state index in [2.05, 4.69) is 0 Å². The summed E-state index contributed by atoms with van der Waals surface area (Å²) in [6.45, 7) is 6.62. The minimum absolute atomic E-state index is 0.551. The molecule has 0 amide bonds. The van der Waals surface area contributed by atoms with Crippen molar-refractivity contribution in [3.05, 3.63) is 0 Å². The van der Waals surface area contributed by atoms with Crippen molar-refractivity contribution >= 4 is 14.8 Å². The van der Waals surface area contributed by atoms with Crippen LogP contribution in [0.3, 0.4) is 0 Å². The van der Waals surface area contributed by atoms with Crippen LogP contribution in [-0.4, -0.2) is 14.8 Å². The molecule has 0 bridgehead atoms. The van der Waals surface area contributed by atoms with Gasteiger partial charge in [0.05, 0.1) is 0 Å². The fraction of sp³-hybridized carbons (Fsp3) is 0.800. The summed E-state index contributed by atoms with van der Waals surface area (Å²) in [5, 5.41) is 0. The molecule has 0 unspecified atom stereocenters. The van der Waals surface area contributed by atoms with Crippen LogP contribution < -0.4 is 0 Å². The van der Waals surface area contributed by atoms with Crippen LogP contribution in [0.5, 0.6) is 0 Å². The minimum Gasteiger partial charge on any atom is -0.522 e. The van der Waals surface area contributed by atoms with Crippen LogP contribution in [0, 0.1) is 0 Å². The molecule has 8 heavy (non-hydrogen) atoms. The summed E-state index contributed by atoms with van der Waals surface area (Å²) in [6, 6.07) is 0.992. The van der Waals surface area contributed by atoms with Crippen molar-refractivity contribution in [3.63, 3.8) is 0 Å². The Balaban J connectivity index is 3.53. The summed E-state index contributed by atoms with van der Waals surface area (Å²) in [5.41, 5.74) is 0. The Morgan fingerprint density at radius 1 is 1.62 bits per heavy atom. The maximum atomic E-state index is 9.79. The zero-order valence-corrected chi connectivity index (χ0v) is 6.60. The lowest BCUT2D eigenvalue weighted by molar-refractivity contribution is -0.121. The van der Waals surface area contributed by atoms with Gasteiger partial charge in [-0.1, -0.05) is 6.92 Å². The van der Waals surface area contributed by atoms with E-state index in [1.54, 1.807) is 0 Å². The molecule has 48 valence electrons. The molecular formula is C5H12O2Si. The first-order chi connectivity index (χ1) is 3.62. The summed E-state index contributed by atoms with van der Waals surface area (Å²) in [4.78, 5) is 9.79. The average molecular weight is 132 g/mol. The Labute approximate surface area is 51.0 Å². The van der Waals surface area contributed by atoms with Gasteiger partial charge in [-0.15, -0.1) is 0 Å². The van der Waals surface area contributed by atoms with E-state index >= 15 is 0 Å². The number of hydrogen-bond donors (Lipinski definition) is 0. The van der Waals surface area contributed by atoms with Crippen molar-refractivity contribution in [2.24, 2.45) is 0 Å². The molecule has 0 radical (unpaired) electrons. The van der Waals surface area contributed by atoms with E-state index in [0.717, 1.165) is 6.04 Å². The monoisotopic (exact) mass is 132 g/mol. The second kappa shape index (κ2) is 2.87. The summed E-state index contributed by atoms with van der Waals surface area (Å²) in [7, 11) is -1.55. The van der Waals surface area contributed by atoms with Gasteiger partial charge in [-0.3, -0.25) is 4.79 Å². The molecule has 0 saturated carbocycles. The lowest BCUT2D eigenvalue weighted by Gasteiger charge is -2.15. The Morgan fingerprint density at radius 2 is 2.12 bits per heavy atom. The van der Waals surface area contributed by atoms with Crippen molar-refractivity contribution in [3.8, 4) is 0 Å². The largest absolute Gasteiger partial charge is 0.522 e. The normalized spacial score (nSPS) is 10.9. The van der Waals surface area contributed by atoms with Crippen LogP contribution in [0.2, 0.25) is 19.1 Å². The lowest BCUT2D eigenvalue weighted by Crippen LogP contribution is -2.27. The van der Waals surface area contributed by atoms with Crippen molar-refractivity contribution < 1.29 is 9.22 Å². The van der Waals surface area contributed by atoms with Gasteiger partial charge in [0, 0.05) is 0 Å². The molecule has 0 N–H and O–H groups in total. The highest BCUT2D eigenvalue weighted by Crippen LogP contribution is 2.06. The molecule has 0 fully saturated rings. The quantitative estimate of drug-likeness (QED) is 0.428. The Kier molecular flexibility index (Phi) is 2.75. The first-order valence-electron chi connectivity index (χ1n) is 2.74. The van der Waals surface area contributed by atoms with Crippen molar-refractivity contribution in [2.75, 3.05) is 0 Å². The summed E-state index contributed by atoms with van der Waals surface area (Å²) < 4.78 is 4.84. The zero-order chi connectivity index (χ0) is 6.62. The van der Waals surface area contributed by atoms with Crippen LogP contribution >= 0.6 is 0 Å².